The van der Waals surface area contributed by atoms with Gasteiger partial charge >= 0.3 is 0 Å². The van der Waals surface area contributed by atoms with Crippen molar-refractivity contribution in [1.82, 2.24) is 14.9 Å². The van der Waals surface area contributed by atoms with E-state index in [2.05, 4.69) is 9.88 Å². The number of carbonyl (C=O) groups is 1. The lowest BCUT2D eigenvalue weighted by atomic mass is 9.67. The molecule has 31 heavy (non-hydrogen) atoms. The molecule has 2 N–H and O–H groups in total. The van der Waals surface area contributed by atoms with Crippen molar-refractivity contribution in [2.45, 2.75) is 31.8 Å². The van der Waals surface area contributed by atoms with E-state index < -0.39 is 0 Å². The van der Waals surface area contributed by atoms with E-state index >= 15 is 0 Å². The molecule has 1 saturated carbocycles. The molecule has 2 saturated heterocycles. The smallest absolute Gasteiger partial charge is 0.251 e. The Labute approximate surface area is 181 Å². The number of anilines is 2. The Hall–Kier alpha value is -2.81. The molecule has 0 radical (unpaired) electrons. The van der Waals surface area contributed by atoms with E-state index in [-0.39, 0.29) is 17.4 Å². The van der Waals surface area contributed by atoms with E-state index in [0.717, 1.165) is 18.4 Å². The lowest BCUT2D eigenvalue weighted by molar-refractivity contribution is -0.141. The van der Waals surface area contributed by atoms with Crippen LogP contribution >= 0.6 is 0 Å². The number of hydrogen-bond acceptors (Lipinski definition) is 8. The van der Waals surface area contributed by atoms with Crippen molar-refractivity contribution in [3.63, 3.8) is 0 Å². The molecule has 1 aromatic heterocycles. The Morgan fingerprint density at radius 3 is 2.45 bits per heavy atom. The molecule has 9 heteroatoms. The zero-order valence-corrected chi connectivity index (χ0v) is 18.1. The van der Waals surface area contributed by atoms with Crippen molar-refractivity contribution in [3.05, 3.63) is 12.1 Å². The summed E-state index contributed by atoms with van der Waals surface area (Å²) in [5.74, 6) is 2.26. The van der Waals surface area contributed by atoms with Crippen LogP contribution in [0.5, 0.6) is 11.5 Å². The predicted molar refractivity (Wildman–Crippen MR) is 116 cm³/mol. The van der Waals surface area contributed by atoms with Crippen LogP contribution in [0.2, 0.25) is 0 Å². The summed E-state index contributed by atoms with van der Waals surface area (Å²) >= 11 is 0. The van der Waals surface area contributed by atoms with E-state index in [9.17, 15) is 4.79 Å². The number of amides is 1. The number of aromatic nitrogens is 2. The lowest BCUT2D eigenvalue weighted by Crippen LogP contribution is -2.52. The van der Waals surface area contributed by atoms with Crippen LogP contribution in [0.15, 0.2) is 12.1 Å². The predicted octanol–water partition coefficient (Wildman–Crippen LogP) is 1.84. The highest BCUT2D eigenvalue weighted by molar-refractivity contribution is 5.91. The van der Waals surface area contributed by atoms with Gasteiger partial charge in [0.05, 0.1) is 26.3 Å². The highest BCUT2D eigenvalue weighted by Crippen LogP contribution is 2.49. The molecular formula is C22H29N5O4. The van der Waals surface area contributed by atoms with Crippen LogP contribution in [0.1, 0.15) is 25.7 Å². The first-order valence-electron chi connectivity index (χ1n) is 10.9. The van der Waals surface area contributed by atoms with Crippen LogP contribution in [0, 0.1) is 5.41 Å². The fraction of sp³-hybridized carbons (Fsp3) is 0.591. The summed E-state index contributed by atoms with van der Waals surface area (Å²) in [6, 6.07) is 3.60. The second-order valence-electron chi connectivity index (χ2n) is 8.80. The molecular weight excluding hydrogens is 398 g/mol. The number of ether oxygens (including phenoxy) is 3. The minimum atomic E-state index is -0.276. The van der Waals surface area contributed by atoms with Gasteiger partial charge in [-0.25, -0.2) is 4.98 Å². The van der Waals surface area contributed by atoms with Gasteiger partial charge in [-0.15, -0.1) is 0 Å². The summed E-state index contributed by atoms with van der Waals surface area (Å²) in [5, 5.41) is 0.721. The molecule has 5 rings (SSSR count). The van der Waals surface area contributed by atoms with Crippen LogP contribution in [0.3, 0.4) is 0 Å². The quantitative estimate of drug-likeness (QED) is 0.788. The average molecular weight is 428 g/mol. The summed E-state index contributed by atoms with van der Waals surface area (Å²) in [6.45, 7) is 3.30. The summed E-state index contributed by atoms with van der Waals surface area (Å²) < 4.78 is 16.6. The zero-order valence-electron chi connectivity index (χ0n) is 18.1. The molecule has 0 unspecified atom stereocenters. The molecule has 1 spiro atoms. The number of nitrogens with two attached hydrogens (primary N) is 1. The summed E-state index contributed by atoms with van der Waals surface area (Å²) in [7, 11) is 3.17. The van der Waals surface area contributed by atoms with Crippen LogP contribution in [-0.2, 0) is 9.53 Å². The van der Waals surface area contributed by atoms with Crippen molar-refractivity contribution < 1.29 is 19.0 Å². The van der Waals surface area contributed by atoms with Gasteiger partial charge < -0.3 is 29.7 Å². The largest absolute Gasteiger partial charge is 0.493 e. The van der Waals surface area contributed by atoms with Crippen LogP contribution in [0.4, 0.5) is 11.8 Å². The van der Waals surface area contributed by atoms with Gasteiger partial charge in [0.15, 0.2) is 11.5 Å². The van der Waals surface area contributed by atoms with Crippen LogP contribution < -0.4 is 20.1 Å². The number of hydrogen-bond donors (Lipinski definition) is 1. The van der Waals surface area contributed by atoms with Gasteiger partial charge in [0, 0.05) is 37.6 Å². The highest BCUT2D eigenvalue weighted by Gasteiger charge is 2.47. The van der Waals surface area contributed by atoms with E-state index in [1.165, 1.54) is 19.3 Å². The van der Waals surface area contributed by atoms with Gasteiger partial charge in [-0.1, -0.05) is 6.42 Å². The first-order chi connectivity index (χ1) is 15.0. The monoisotopic (exact) mass is 427 g/mol. The van der Waals surface area contributed by atoms with Crippen molar-refractivity contribution in [3.8, 4) is 11.5 Å². The van der Waals surface area contributed by atoms with Crippen molar-refractivity contribution in [1.29, 1.82) is 0 Å². The fourth-order valence-corrected chi connectivity index (χ4v) is 4.91. The fourth-order valence-electron chi connectivity index (χ4n) is 4.91. The molecule has 2 aromatic rings. The molecule has 3 heterocycles. The summed E-state index contributed by atoms with van der Waals surface area (Å²) in [6.07, 6.45) is 4.25. The topological polar surface area (TPSA) is 103 Å². The van der Waals surface area contributed by atoms with Gasteiger partial charge in [0.25, 0.3) is 5.91 Å². The van der Waals surface area contributed by atoms with E-state index in [4.69, 9.17) is 24.9 Å². The minimum Gasteiger partial charge on any atom is -0.493 e. The molecule has 1 atom stereocenters. The second kappa shape index (κ2) is 7.71. The van der Waals surface area contributed by atoms with Gasteiger partial charge in [-0.05, 0) is 30.7 Å². The molecule has 1 aromatic carbocycles. The number of piperazine rings is 1. The van der Waals surface area contributed by atoms with Crippen molar-refractivity contribution in [2.75, 3.05) is 57.6 Å². The number of rotatable bonds is 4. The van der Waals surface area contributed by atoms with Crippen LogP contribution in [-0.4, -0.2) is 73.9 Å². The highest BCUT2D eigenvalue weighted by atomic mass is 16.5. The van der Waals surface area contributed by atoms with Gasteiger partial charge in [0.1, 0.15) is 11.9 Å². The van der Waals surface area contributed by atoms with Gasteiger partial charge in [0.2, 0.25) is 5.95 Å². The zero-order chi connectivity index (χ0) is 21.6. The maximum Gasteiger partial charge on any atom is 0.251 e. The Morgan fingerprint density at radius 1 is 1.13 bits per heavy atom. The first-order valence-corrected chi connectivity index (χ1v) is 10.9. The standard InChI is InChI=1S/C22H29N5O4/c1-29-16-10-14-15(11-17(16)30-2)24-21(25-19(14)23)27-8-6-26(7-9-27)20(28)18-12-22(13-31-18)4-3-5-22/h10-11,18H,3-9,12-13H2,1-2H3,(H2,23,24,25)/t18-/m0/s1. The van der Waals surface area contributed by atoms with Crippen molar-refractivity contribution in [2.24, 2.45) is 5.41 Å². The second-order valence-corrected chi connectivity index (χ2v) is 8.80. The maximum atomic E-state index is 12.9. The SMILES string of the molecule is COc1cc2nc(N3CCN(C(=O)[C@@H]4CC5(CCC5)CO4)CC3)nc(N)c2cc1OC. The number of nitrogen functional groups attached to an aromatic ring is 1. The Morgan fingerprint density at radius 2 is 1.84 bits per heavy atom. The number of fused-ring (bicyclic) bond motifs is 1. The molecule has 166 valence electrons. The lowest BCUT2D eigenvalue weighted by Gasteiger charge is -2.37. The van der Waals surface area contributed by atoms with E-state index in [1.807, 2.05) is 11.0 Å². The van der Waals surface area contributed by atoms with Crippen LogP contribution in [0.25, 0.3) is 10.9 Å². The number of methoxy groups -OCH3 is 2. The van der Waals surface area contributed by atoms with Gasteiger partial charge in [-0.2, -0.15) is 4.98 Å². The average Bonchev–Trinajstić information content (AvgIpc) is 3.24. The molecule has 2 aliphatic heterocycles. The molecule has 0 bridgehead atoms. The molecule has 9 nitrogen and oxygen atoms in total. The maximum absolute atomic E-state index is 12.9. The molecule has 3 aliphatic rings. The van der Waals surface area contributed by atoms with E-state index in [1.54, 1.807) is 20.3 Å². The van der Waals surface area contributed by atoms with E-state index in [0.29, 0.717) is 55.0 Å². The normalized spacial score (nSPS) is 22.6. The molecule has 1 aliphatic carbocycles. The molecule has 1 amide bonds. The number of nitrogens with zero attached hydrogens (tertiary/aromatic N) is 4. The number of benzene rings is 1. The summed E-state index contributed by atoms with van der Waals surface area (Å²) in [4.78, 5) is 26.1. The Kier molecular flexibility index (Phi) is 5.00. The third kappa shape index (κ3) is 3.50. The third-order valence-electron chi connectivity index (χ3n) is 6.99. The Bertz CT molecular complexity index is 1000. The Balaban J connectivity index is 1.28. The summed E-state index contributed by atoms with van der Waals surface area (Å²) in [5.41, 5.74) is 7.20. The number of carbonyl (C=O) groups excluding carboxylic acids is 1. The minimum absolute atomic E-state index is 0.124. The first kappa shape index (κ1) is 20.1. The molecule has 3 fully saturated rings. The third-order valence-corrected chi connectivity index (χ3v) is 6.99. The van der Waals surface area contributed by atoms with Gasteiger partial charge in [-0.3, -0.25) is 4.79 Å². The van der Waals surface area contributed by atoms with Crippen molar-refractivity contribution >= 4 is 28.6 Å².